The molecule has 0 aliphatic carbocycles. The maximum absolute atomic E-state index is 12.5. The number of nitrogens with zero attached hydrogens (tertiary/aromatic N) is 1. The number of hydrogen-bond donors (Lipinski definition) is 2. The van der Waals surface area contributed by atoms with Crippen LogP contribution in [0, 0.1) is 0 Å². The number of nitrogens with one attached hydrogen (secondary N) is 1. The lowest BCUT2D eigenvalue weighted by Crippen LogP contribution is -2.46. The lowest BCUT2D eigenvalue weighted by atomic mass is 9.87. The Morgan fingerprint density at radius 3 is 2.54 bits per heavy atom. The minimum Gasteiger partial charge on any atom is -0.385 e. The van der Waals surface area contributed by atoms with E-state index in [1.165, 1.54) is 0 Å². The van der Waals surface area contributed by atoms with Gasteiger partial charge in [0.2, 0.25) is 5.91 Å². The second kappa shape index (κ2) is 6.45. The minimum absolute atomic E-state index is 0.0792. The largest absolute Gasteiger partial charge is 0.385 e. The number of benzene rings is 2. The molecule has 3 rings (SSSR count). The van der Waals surface area contributed by atoms with Crippen molar-refractivity contribution in [2.75, 3.05) is 18.0 Å². The smallest absolute Gasteiger partial charge is 0.251 e. The number of para-hydroxylation sites is 1. The van der Waals surface area contributed by atoms with Gasteiger partial charge in [0.1, 0.15) is 0 Å². The molecule has 0 fully saturated rings. The normalized spacial score (nSPS) is 19.5. The molecule has 0 bridgehead atoms. The average molecular weight is 324 g/mol. The van der Waals surface area contributed by atoms with Gasteiger partial charge in [0.05, 0.1) is 12.1 Å². The molecule has 1 aliphatic rings. The van der Waals surface area contributed by atoms with Crippen molar-refractivity contribution in [1.29, 1.82) is 0 Å². The zero-order valence-electron chi connectivity index (χ0n) is 13.5. The van der Waals surface area contributed by atoms with Crippen molar-refractivity contribution in [3.8, 4) is 0 Å². The van der Waals surface area contributed by atoms with Crippen molar-refractivity contribution < 1.29 is 14.7 Å². The quantitative estimate of drug-likeness (QED) is 0.908. The zero-order valence-corrected chi connectivity index (χ0v) is 13.5. The number of fused-ring (bicyclic) bond motifs is 1. The number of carbonyl (C=O) groups is 2. The van der Waals surface area contributed by atoms with E-state index in [0.717, 1.165) is 5.56 Å². The number of amides is 2. The van der Waals surface area contributed by atoms with E-state index in [4.69, 9.17) is 0 Å². The summed E-state index contributed by atoms with van der Waals surface area (Å²) in [6.07, 6.45) is 0.461. The SMILES string of the molecule is CC1(O)CCN(C(=O)CNC(=O)c2ccccc2)c2ccccc21. The first-order chi connectivity index (χ1) is 11.5. The van der Waals surface area contributed by atoms with Gasteiger partial charge >= 0.3 is 0 Å². The van der Waals surface area contributed by atoms with Crippen LogP contribution in [-0.2, 0) is 10.4 Å². The van der Waals surface area contributed by atoms with Crippen LogP contribution in [0.25, 0.3) is 0 Å². The number of rotatable bonds is 3. The number of anilines is 1. The Labute approximate surface area is 140 Å². The van der Waals surface area contributed by atoms with Crippen molar-refractivity contribution in [2.45, 2.75) is 18.9 Å². The molecule has 1 unspecified atom stereocenters. The Kier molecular flexibility index (Phi) is 4.36. The van der Waals surface area contributed by atoms with Gasteiger partial charge in [-0.15, -0.1) is 0 Å². The van der Waals surface area contributed by atoms with Crippen molar-refractivity contribution in [3.05, 3.63) is 65.7 Å². The fourth-order valence-corrected chi connectivity index (χ4v) is 2.95. The second-order valence-electron chi connectivity index (χ2n) is 6.14. The summed E-state index contributed by atoms with van der Waals surface area (Å²) in [5, 5.41) is 13.1. The van der Waals surface area contributed by atoms with Crippen molar-refractivity contribution in [3.63, 3.8) is 0 Å². The molecule has 0 saturated heterocycles. The summed E-state index contributed by atoms with van der Waals surface area (Å²) in [6, 6.07) is 16.1. The molecule has 1 heterocycles. The molecule has 2 aromatic rings. The fourth-order valence-electron chi connectivity index (χ4n) is 2.95. The van der Waals surface area contributed by atoms with E-state index in [9.17, 15) is 14.7 Å². The molecule has 24 heavy (non-hydrogen) atoms. The number of carbonyl (C=O) groups excluding carboxylic acids is 2. The summed E-state index contributed by atoms with van der Waals surface area (Å²) >= 11 is 0. The summed E-state index contributed by atoms with van der Waals surface area (Å²) in [6.45, 7) is 2.10. The molecule has 0 spiro atoms. The van der Waals surface area contributed by atoms with E-state index in [-0.39, 0.29) is 18.4 Å². The van der Waals surface area contributed by atoms with Crippen LogP contribution in [-0.4, -0.2) is 30.0 Å². The van der Waals surface area contributed by atoms with Crippen LogP contribution >= 0.6 is 0 Å². The Balaban J connectivity index is 1.71. The maximum atomic E-state index is 12.5. The first-order valence-corrected chi connectivity index (χ1v) is 7.94. The molecule has 0 aromatic heterocycles. The summed E-state index contributed by atoms with van der Waals surface area (Å²) in [5.74, 6) is -0.469. The van der Waals surface area contributed by atoms with E-state index >= 15 is 0 Å². The molecule has 0 radical (unpaired) electrons. The van der Waals surface area contributed by atoms with Crippen molar-refractivity contribution in [2.24, 2.45) is 0 Å². The molecule has 5 nitrogen and oxygen atoms in total. The lowest BCUT2D eigenvalue weighted by molar-refractivity contribution is -0.118. The van der Waals surface area contributed by atoms with E-state index < -0.39 is 5.60 Å². The number of aliphatic hydroxyl groups is 1. The predicted molar refractivity (Wildman–Crippen MR) is 91.8 cm³/mol. The van der Waals surface area contributed by atoms with Crippen LogP contribution in [0.15, 0.2) is 54.6 Å². The van der Waals surface area contributed by atoms with Gasteiger partial charge in [0.15, 0.2) is 0 Å². The van der Waals surface area contributed by atoms with Gasteiger partial charge in [-0.25, -0.2) is 0 Å². The highest BCUT2D eigenvalue weighted by Gasteiger charge is 2.34. The standard InChI is InChI=1S/C19H20N2O3/c1-19(24)11-12-21(16-10-6-5-9-15(16)19)17(22)13-20-18(23)14-7-3-2-4-8-14/h2-10,24H,11-13H2,1H3,(H,20,23). The summed E-state index contributed by atoms with van der Waals surface area (Å²) < 4.78 is 0. The van der Waals surface area contributed by atoms with Gasteiger partial charge in [0.25, 0.3) is 5.91 Å². The van der Waals surface area contributed by atoms with Crippen LogP contribution in [0.1, 0.15) is 29.3 Å². The molecule has 5 heteroatoms. The van der Waals surface area contributed by atoms with Crippen molar-refractivity contribution >= 4 is 17.5 Å². The Bertz CT molecular complexity index is 756. The van der Waals surface area contributed by atoms with E-state index in [1.54, 1.807) is 36.1 Å². The van der Waals surface area contributed by atoms with Gasteiger partial charge < -0.3 is 15.3 Å². The monoisotopic (exact) mass is 324 g/mol. The molecular formula is C19H20N2O3. The van der Waals surface area contributed by atoms with Crippen LogP contribution in [0.2, 0.25) is 0 Å². The van der Waals surface area contributed by atoms with Crippen LogP contribution < -0.4 is 10.2 Å². The van der Waals surface area contributed by atoms with Gasteiger partial charge in [-0.05, 0) is 31.5 Å². The summed E-state index contributed by atoms with van der Waals surface area (Å²) in [5.41, 5.74) is 1.01. The third kappa shape index (κ3) is 3.16. The van der Waals surface area contributed by atoms with Gasteiger partial charge in [-0.3, -0.25) is 9.59 Å². The molecule has 2 amide bonds. The van der Waals surface area contributed by atoms with Gasteiger partial charge in [-0.1, -0.05) is 36.4 Å². The lowest BCUT2D eigenvalue weighted by Gasteiger charge is -2.38. The molecule has 2 N–H and O–H groups in total. The third-order valence-corrected chi connectivity index (χ3v) is 4.33. The first-order valence-electron chi connectivity index (χ1n) is 7.94. The topological polar surface area (TPSA) is 69.6 Å². The highest BCUT2D eigenvalue weighted by Crippen LogP contribution is 2.37. The Hall–Kier alpha value is -2.66. The third-order valence-electron chi connectivity index (χ3n) is 4.33. The molecular weight excluding hydrogens is 304 g/mol. The molecule has 1 atom stereocenters. The van der Waals surface area contributed by atoms with Gasteiger partial charge in [-0.2, -0.15) is 0 Å². The van der Waals surface area contributed by atoms with E-state index in [1.807, 2.05) is 30.3 Å². The highest BCUT2D eigenvalue weighted by atomic mass is 16.3. The maximum Gasteiger partial charge on any atom is 0.251 e. The summed E-state index contributed by atoms with van der Waals surface area (Å²) in [4.78, 5) is 26.2. The summed E-state index contributed by atoms with van der Waals surface area (Å²) in [7, 11) is 0. The molecule has 0 saturated carbocycles. The molecule has 2 aromatic carbocycles. The molecule has 1 aliphatic heterocycles. The molecule has 124 valence electrons. The first kappa shape index (κ1) is 16.2. The Morgan fingerprint density at radius 1 is 1.12 bits per heavy atom. The fraction of sp³-hybridized carbons (Fsp3) is 0.263. The van der Waals surface area contributed by atoms with Gasteiger partial charge in [0, 0.05) is 23.4 Å². The minimum atomic E-state index is -0.944. The van der Waals surface area contributed by atoms with Crippen LogP contribution in [0.3, 0.4) is 0 Å². The van der Waals surface area contributed by atoms with Crippen molar-refractivity contribution in [1.82, 2.24) is 5.32 Å². The average Bonchev–Trinajstić information content (AvgIpc) is 2.60. The van der Waals surface area contributed by atoms with E-state index in [2.05, 4.69) is 5.32 Å². The predicted octanol–water partition coefficient (Wildman–Crippen LogP) is 2.06. The van der Waals surface area contributed by atoms with E-state index in [0.29, 0.717) is 24.2 Å². The highest BCUT2D eigenvalue weighted by molar-refractivity contribution is 6.01. The number of hydrogen-bond acceptors (Lipinski definition) is 3. The van der Waals surface area contributed by atoms with Crippen LogP contribution in [0.4, 0.5) is 5.69 Å². The Morgan fingerprint density at radius 2 is 1.79 bits per heavy atom. The zero-order chi connectivity index (χ0) is 17.2. The van der Waals surface area contributed by atoms with Crippen LogP contribution in [0.5, 0.6) is 0 Å². The second-order valence-corrected chi connectivity index (χ2v) is 6.14.